The number of nitrogens with zero attached hydrogens (tertiary/aromatic N) is 1. The molecule has 0 bridgehead atoms. The third-order valence-corrected chi connectivity index (χ3v) is 9.03. The molecule has 1 aromatic rings. The summed E-state index contributed by atoms with van der Waals surface area (Å²) >= 11 is 0. The number of unbranched alkanes of at least 4 members (excludes halogenated alkanes) is 3. The van der Waals surface area contributed by atoms with Crippen molar-refractivity contribution >= 4 is 11.6 Å². The molecule has 6 nitrogen and oxygen atoms in total. The monoisotopic (exact) mass is 588 g/mol. The van der Waals surface area contributed by atoms with Gasteiger partial charge in [-0.05, 0) is 63.4 Å². The second-order valence-corrected chi connectivity index (χ2v) is 13.1. The summed E-state index contributed by atoms with van der Waals surface area (Å²) in [6, 6.07) is 0.121. The molecule has 5 atom stereocenters. The van der Waals surface area contributed by atoms with Gasteiger partial charge in [-0.1, -0.05) is 112 Å². The zero-order chi connectivity index (χ0) is 32.1. The molecule has 0 aromatic carbocycles. The Morgan fingerprint density at radius 2 is 1.64 bits per heavy atom. The molecule has 0 radical (unpaired) electrons. The molecule has 0 spiro atoms. The number of carbonyl (C=O) groups excluding carboxylic acids is 1. The van der Waals surface area contributed by atoms with Gasteiger partial charge in [-0.15, -0.1) is 0 Å². The number of nitrogens with two attached hydrogens (primary N) is 1. The summed E-state index contributed by atoms with van der Waals surface area (Å²) in [5.41, 5.74) is 10.1. The highest BCUT2D eigenvalue weighted by atomic mass is 16.1. The zero-order valence-electron chi connectivity index (χ0n) is 29.3. The van der Waals surface area contributed by atoms with Gasteiger partial charge in [0.25, 0.3) is 0 Å². The fourth-order valence-corrected chi connectivity index (χ4v) is 4.99. The summed E-state index contributed by atoms with van der Waals surface area (Å²) in [6.07, 6.45) is 17.6. The number of piperidine rings is 1. The number of imidazole rings is 1. The molecule has 5 N–H and O–H groups in total. The van der Waals surface area contributed by atoms with Crippen molar-refractivity contribution in [2.75, 3.05) is 6.54 Å². The van der Waals surface area contributed by atoms with E-state index in [1.54, 1.807) is 0 Å². The molecule has 1 fully saturated rings. The highest BCUT2D eigenvalue weighted by Gasteiger charge is 2.27. The average molecular weight is 588 g/mol. The lowest BCUT2D eigenvalue weighted by Gasteiger charge is -2.27. The van der Waals surface area contributed by atoms with Crippen molar-refractivity contribution in [3.05, 3.63) is 28.9 Å². The second-order valence-electron chi connectivity index (χ2n) is 13.1. The maximum Gasteiger partial charge on any atom is 0.223 e. The fourth-order valence-electron chi connectivity index (χ4n) is 4.99. The highest BCUT2D eigenvalue weighted by Crippen LogP contribution is 2.23. The summed E-state index contributed by atoms with van der Waals surface area (Å²) in [5, 5.41) is 11.0. The number of allylic oxidation sites excluding steroid dienone is 2. The van der Waals surface area contributed by atoms with Gasteiger partial charge in [-0.2, -0.15) is 0 Å². The molecule has 1 aromatic heterocycles. The number of rotatable bonds is 16. The van der Waals surface area contributed by atoms with E-state index in [9.17, 15) is 4.79 Å². The van der Waals surface area contributed by atoms with Gasteiger partial charge in [0.15, 0.2) is 0 Å². The normalized spacial score (nSPS) is 19.3. The van der Waals surface area contributed by atoms with E-state index in [1.807, 2.05) is 20.0 Å². The Labute approximate surface area is 260 Å². The number of hydrogen-bond donors (Lipinski definition) is 4. The zero-order valence-corrected chi connectivity index (χ0v) is 29.3. The molecular formula is C36H69N5O. The number of aryl methyl sites for hydroxylation is 1. The van der Waals surface area contributed by atoms with Crippen molar-refractivity contribution in [3.63, 3.8) is 0 Å². The molecule has 0 saturated carbocycles. The Kier molecular flexibility index (Phi) is 22.4. The molecule has 1 amide bonds. The third-order valence-electron chi connectivity index (χ3n) is 9.03. The van der Waals surface area contributed by atoms with Gasteiger partial charge in [-0.25, -0.2) is 4.98 Å². The highest BCUT2D eigenvalue weighted by molar-refractivity contribution is 6.00. The van der Waals surface area contributed by atoms with E-state index in [-0.39, 0.29) is 17.9 Å². The van der Waals surface area contributed by atoms with Crippen LogP contribution in [0.1, 0.15) is 163 Å². The number of H-pyrrole nitrogens is 1. The smallest absolute Gasteiger partial charge is 0.223 e. The lowest BCUT2D eigenvalue weighted by molar-refractivity contribution is -0.127. The number of nitrogens with one attached hydrogen (secondary N) is 3. The summed E-state index contributed by atoms with van der Waals surface area (Å²) in [4.78, 5) is 19.1. The van der Waals surface area contributed by atoms with E-state index < -0.39 is 0 Å². The molecule has 1 saturated heterocycles. The van der Waals surface area contributed by atoms with Gasteiger partial charge in [-0.3, -0.25) is 4.79 Å². The van der Waals surface area contributed by atoms with E-state index >= 15 is 0 Å². The first-order valence-electron chi connectivity index (χ1n) is 17.2. The maximum atomic E-state index is 11.7. The largest absolute Gasteiger partial charge is 0.356 e. The molecule has 42 heavy (non-hydrogen) atoms. The molecule has 2 rings (SSSR count). The number of amides is 1. The first-order chi connectivity index (χ1) is 19.9. The van der Waals surface area contributed by atoms with Crippen LogP contribution in [0.2, 0.25) is 0 Å². The molecule has 6 heteroatoms. The minimum Gasteiger partial charge on any atom is -0.356 e. The minimum absolute atomic E-state index is 0.00847. The Morgan fingerprint density at radius 1 is 1.02 bits per heavy atom. The van der Waals surface area contributed by atoms with E-state index in [0.717, 1.165) is 54.7 Å². The van der Waals surface area contributed by atoms with Crippen LogP contribution in [-0.2, 0) is 4.79 Å². The first-order valence-corrected chi connectivity index (χ1v) is 17.2. The van der Waals surface area contributed by atoms with Crippen LogP contribution >= 0.6 is 0 Å². The number of aromatic amines is 1. The van der Waals surface area contributed by atoms with Gasteiger partial charge in [0, 0.05) is 36.8 Å². The van der Waals surface area contributed by atoms with Crippen LogP contribution in [0.3, 0.4) is 0 Å². The predicted molar refractivity (Wildman–Crippen MR) is 183 cm³/mol. The molecule has 5 unspecified atom stereocenters. The first kappa shape index (κ1) is 40.1. The second kappa shape index (κ2) is 23.5. The van der Waals surface area contributed by atoms with Gasteiger partial charge in [0.05, 0.1) is 5.69 Å². The van der Waals surface area contributed by atoms with Gasteiger partial charge in [0.2, 0.25) is 5.91 Å². The van der Waals surface area contributed by atoms with Crippen LogP contribution in [0.15, 0.2) is 17.3 Å². The topological polar surface area (TPSA) is 108 Å². The number of aromatic nitrogens is 2. The Bertz CT molecular complexity index is 889. The van der Waals surface area contributed by atoms with Crippen molar-refractivity contribution in [2.45, 2.75) is 159 Å². The number of carbonyl (C=O) groups is 1. The van der Waals surface area contributed by atoms with Crippen molar-refractivity contribution in [1.82, 2.24) is 15.3 Å². The van der Waals surface area contributed by atoms with Gasteiger partial charge in [0.1, 0.15) is 5.82 Å². The van der Waals surface area contributed by atoms with Crippen molar-refractivity contribution in [1.29, 1.82) is 5.41 Å². The predicted octanol–water partition coefficient (Wildman–Crippen LogP) is 9.85. The average Bonchev–Trinajstić information content (AvgIpc) is 3.42. The summed E-state index contributed by atoms with van der Waals surface area (Å²) in [6.45, 7) is 22.5. The SMILES string of the molecule is CCC(C)=C(C)C(=N)CC1CC(C)CNC1=O.CCC(C)CCCC(N)c1cnc(C)[nH]1.CCCCCCC(C)CC. The standard InChI is InChI=1S/C14H24N2O.C12H23N3.C10H22/c1-5-10(3)11(4)13(15)7-12-6-9(2)8-16-14(12)17;1-4-9(2)6-5-7-11(13)12-8-14-10(3)15-12;1-4-6-7-8-9-10(3)5-2/h9,12,15H,5-8H2,1-4H3,(H,16,17);8-9,11H,4-7,13H2,1-3H3,(H,14,15);10H,4-9H2,1-3H3. The lowest BCUT2D eigenvalue weighted by Crippen LogP contribution is -2.41. The molecule has 1 aliphatic rings. The van der Waals surface area contributed by atoms with Crippen molar-refractivity contribution in [2.24, 2.45) is 29.4 Å². The van der Waals surface area contributed by atoms with Crippen LogP contribution in [0.25, 0.3) is 0 Å². The molecule has 0 aliphatic carbocycles. The van der Waals surface area contributed by atoms with E-state index in [1.165, 1.54) is 63.4 Å². The quantitative estimate of drug-likeness (QED) is 0.114. The third kappa shape index (κ3) is 17.9. The summed E-state index contributed by atoms with van der Waals surface area (Å²) in [5.74, 6) is 3.36. The van der Waals surface area contributed by atoms with Crippen molar-refractivity contribution in [3.8, 4) is 0 Å². The Hall–Kier alpha value is -1.95. The number of hydrogen-bond acceptors (Lipinski definition) is 4. The van der Waals surface area contributed by atoms with Gasteiger partial charge >= 0.3 is 0 Å². The van der Waals surface area contributed by atoms with Crippen LogP contribution in [-0.4, -0.2) is 28.1 Å². The lowest BCUT2D eigenvalue weighted by atomic mass is 9.85. The molecule has 2 heterocycles. The van der Waals surface area contributed by atoms with E-state index in [2.05, 4.69) is 70.7 Å². The van der Waals surface area contributed by atoms with Crippen LogP contribution in [0.4, 0.5) is 0 Å². The van der Waals surface area contributed by atoms with Crippen LogP contribution < -0.4 is 11.1 Å². The molecular weight excluding hydrogens is 518 g/mol. The van der Waals surface area contributed by atoms with Gasteiger partial charge < -0.3 is 21.4 Å². The Balaban J connectivity index is 0.000000622. The summed E-state index contributed by atoms with van der Waals surface area (Å²) in [7, 11) is 0. The van der Waals surface area contributed by atoms with Crippen LogP contribution in [0, 0.1) is 36.0 Å². The maximum absolute atomic E-state index is 11.7. The van der Waals surface area contributed by atoms with Crippen molar-refractivity contribution < 1.29 is 4.79 Å². The van der Waals surface area contributed by atoms with E-state index in [0.29, 0.717) is 18.1 Å². The molecule has 244 valence electrons. The van der Waals surface area contributed by atoms with E-state index in [4.69, 9.17) is 11.1 Å². The summed E-state index contributed by atoms with van der Waals surface area (Å²) < 4.78 is 0. The fraction of sp³-hybridized carbons (Fsp3) is 0.806. The van der Waals surface area contributed by atoms with Crippen LogP contribution in [0.5, 0.6) is 0 Å². The minimum atomic E-state index is -0.00847. The Morgan fingerprint density at radius 3 is 2.17 bits per heavy atom. The molecule has 1 aliphatic heterocycles.